The van der Waals surface area contributed by atoms with Gasteiger partial charge < -0.3 is 10.2 Å². The first kappa shape index (κ1) is 20.6. The number of carbonyl (C=O) groups is 2. The predicted molar refractivity (Wildman–Crippen MR) is 116 cm³/mol. The van der Waals surface area contributed by atoms with Crippen molar-refractivity contribution in [3.8, 4) is 0 Å². The number of hydrogen-bond acceptors (Lipinski definition) is 3. The summed E-state index contributed by atoms with van der Waals surface area (Å²) >= 11 is 0. The number of nitrogens with zero attached hydrogens (tertiary/aromatic N) is 1. The molecule has 4 heteroatoms. The molecule has 1 heterocycles. The molecule has 2 saturated carbocycles. The molecule has 29 heavy (non-hydrogen) atoms. The van der Waals surface area contributed by atoms with E-state index in [1.807, 2.05) is 0 Å². The SMILES string of the molecule is Cc1ccc(C2(CN3CCC(NC(=O)C4CCC(=O)CC4)CC3)CCCC2)cc1. The average Bonchev–Trinajstić information content (AvgIpc) is 3.20. The maximum absolute atomic E-state index is 12.6. The lowest BCUT2D eigenvalue weighted by Gasteiger charge is -2.40. The van der Waals surface area contributed by atoms with Gasteiger partial charge in [-0.1, -0.05) is 42.7 Å². The van der Waals surface area contributed by atoms with E-state index in [9.17, 15) is 9.59 Å². The van der Waals surface area contributed by atoms with E-state index >= 15 is 0 Å². The number of carbonyl (C=O) groups excluding carboxylic acids is 2. The average molecular weight is 397 g/mol. The van der Waals surface area contributed by atoms with Crippen molar-refractivity contribution >= 4 is 11.7 Å². The van der Waals surface area contributed by atoms with E-state index in [0.29, 0.717) is 30.1 Å². The number of hydrogen-bond donors (Lipinski definition) is 1. The van der Waals surface area contributed by atoms with Crippen LogP contribution in [0.5, 0.6) is 0 Å². The van der Waals surface area contributed by atoms with Crippen molar-refractivity contribution in [1.29, 1.82) is 0 Å². The van der Waals surface area contributed by atoms with E-state index in [1.54, 1.807) is 0 Å². The summed E-state index contributed by atoms with van der Waals surface area (Å²) in [6.07, 6.45) is 10.00. The first-order valence-electron chi connectivity index (χ1n) is 11.7. The Morgan fingerprint density at radius 3 is 2.28 bits per heavy atom. The molecule has 1 N–H and O–H groups in total. The van der Waals surface area contributed by atoms with E-state index in [1.165, 1.54) is 36.8 Å². The van der Waals surface area contributed by atoms with Gasteiger partial charge in [0.2, 0.25) is 5.91 Å². The van der Waals surface area contributed by atoms with Gasteiger partial charge in [-0.05, 0) is 51.0 Å². The largest absolute Gasteiger partial charge is 0.353 e. The topological polar surface area (TPSA) is 49.4 Å². The standard InChI is InChI=1S/C25H36N2O2/c1-19-4-8-21(9-5-19)25(14-2-3-15-25)18-27-16-12-22(13-17-27)26-24(29)20-6-10-23(28)11-7-20/h4-5,8-9,20,22H,2-3,6-7,10-18H2,1H3,(H,26,29). The normalized spacial score (nSPS) is 24.0. The molecule has 1 amide bonds. The van der Waals surface area contributed by atoms with Crippen molar-refractivity contribution in [2.45, 2.75) is 82.6 Å². The highest BCUT2D eigenvalue weighted by Crippen LogP contribution is 2.42. The van der Waals surface area contributed by atoms with Crippen molar-refractivity contribution in [3.05, 3.63) is 35.4 Å². The van der Waals surface area contributed by atoms with Crippen LogP contribution in [0.25, 0.3) is 0 Å². The third-order valence-corrected chi connectivity index (χ3v) is 7.60. The minimum atomic E-state index is 0.0500. The lowest BCUT2D eigenvalue weighted by atomic mass is 9.77. The van der Waals surface area contributed by atoms with Gasteiger partial charge in [0.1, 0.15) is 5.78 Å². The molecule has 1 aliphatic heterocycles. The van der Waals surface area contributed by atoms with Crippen LogP contribution in [0, 0.1) is 12.8 Å². The summed E-state index contributed by atoms with van der Waals surface area (Å²) in [7, 11) is 0. The van der Waals surface area contributed by atoms with Crippen LogP contribution in [0.15, 0.2) is 24.3 Å². The van der Waals surface area contributed by atoms with Crippen LogP contribution in [0.4, 0.5) is 0 Å². The third kappa shape index (κ3) is 4.91. The van der Waals surface area contributed by atoms with Crippen molar-refractivity contribution in [2.75, 3.05) is 19.6 Å². The number of ketones is 1. The van der Waals surface area contributed by atoms with E-state index in [4.69, 9.17) is 0 Å². The number of Topliss-reactive ketones (excluding diaryl/α,β-unsaturated/α-hetero) is 1. The number of likely N-dealkylation sites (tertiary alicyclic amines) is 1. The van der Waals surface area contributed by atoms with Gasteiger partial charge in [-0.15, -0.1) is 0 Å². The molecule has 0 unspecified atom stereocenters. The second-order valence-corrected chi connectivity index (χ2v) is 9.73. The van der Waals surface area contributed by atoms with Crippen molar-refractivity contribution < 1.29 is 9.59 Å². The Kier molecular flexibility index (Phi) is 6.38. The number of benzene rings is 1. The van der Waals surface area contributed by atoms with Gasteiger partial charge in [0, 0.05) is 49.9 Å². The minimum Gasteiger partial charge on any atom is -0.353 e. The summed E-state index contributed by atoms with van der Waals surface area (Å²) in [6.45, 7) is 5.46. The summed E-state index contributed by atoms with van der Waals surface area (Å²) in [5, 5.41) is 3.29. The Labute approximate surface area is 175 Å². The maximum Gasteiger partial charge on any atom is 0.223 e. The zero-order chi connectivity index (χ0) is 20.3. The van der Waals surface area contributed by atoms with Gasteiger partial charge >= 0.3 is 0 Å². The van der Waals surface area contributed by atoms with Gasteiger partial charge in [-0.3, -0.25) is 9.59 Å². The third-order valence-electron chi connectivity index (χ3n) is 7.60. The van der Waals surface area contributed by atoms with E-state index in [-0.39, 0.29) is 11.8 Å². The Hall–Kier alpha value is -1.68. The second-order valence-electron chi connectivity index (χ2n) is 9.73. The first-order valence-corrected chi connectivity index (χ1v) is 11.7. The molecular formula is C25H36N2O2. The zero-order valence-corrected chi connectivity index (χ0v) is 17.9. The second kappa shape index (κ2) is 8.99. The number of aryl methyl sites for hydroxylation is 1. The van der Waals surface area contributed by atoms with Crippen LogP contribution in [0.3, 0.4) is 0 Å². The molecule has 4 rings (SSSR count). The van der Waals surface area contributed by atoms with Crippen LogP contribution >= 0.6 is 0 Å². The summed E-state index contributed by atoms with van der Waals surface area (Å²) in [5.41, 5.74) is 3.17. The lowest BCUT2D eigenvalue weighted by Crippen LogP contribution is -2.49. The molecule has 0 atom stereocenters. The Morgan fingerprint density at radius 1 is 1.03 bits per heavy atom. The van der Waals surface area contributed by atoms with Gasteiger partial charge in [0.15, 0.2) is 0 Å². The number of amides is 1. The molecule has 1 aromatic rings. The van der Waals surface area contributed by atoms with Gasteiger partial charge in [-0.25, -0.2) is 0 Å². The fraction of sp³-hybridized carbons (Fsp3) is 0.680. The van der Waals surface area contributed by atoms with Crippen LogP contribution in [0.2, 0.25) is 0 Å². The molecule has 1 saturated heterocycles. The van der Waals surface area contributed by atoms with E-state index in [0.717, 1.165) is 45.3 Å². The zero-order valence-electron chi connectivity index (χ0n) is 17.9. The Bertz CT molecular complexity index is 703. The summed E-state index contributed by atoms with van der Waals surface area (Å²) in [6, 6.07) is 9.52. The maximum atomic E-state index is 12.6. The van der Waals surface area contributed by atoms with Crippen molar-refractivity contribution in [3.63, 3.8) is 0 Å². The van der Waals surface area contributed by atoms with Crippen molar-refractivity contribution in [2.24, 2.45) is 5.92 Å². The number of rotatable bonds is 5. The van der Waals surface area contributed by atoms with Crippen LogP contribution in [0.1, 0.15) is 75.3 Å². The quantitative estimate of drug-likeness (QED) is 0.813. The van der Waals surface area contributed by atoms with E-state index in [2.05, 4.69) is 41.4 Å². The highest BCUT2D eigenvalue weighted by Gasteiger charge is 2.38. The molecule has 0 bridgehead atoms. The number of piperidine rings is 1. The molecule has 4 nitrogen and oxygen atoms in total. The molecule has 1 aromatic carbocycles. The van der Waals surface area contributed by atoms with E-state index < -0.39 is 0 Å². The highest BCUT2D eigenvalue weighted by atomic mass is 16.2. The molecule has 0 radical (unpaired) electrons. The molecule has 0 spiro atoms. The Morgan fingerprint density at radius 2 is 1.66 bits per heavy atom. The van der Waals surface area contributed by atoms with Gasteiger partial charge in [0.05, 0.1) is 0 Å². The fourth-order valence-electron chi connectivity index (χ4n) is 5.68. The van der Waals surface area contributed by atoms with Crippen LogP contribution in [-0.2, 0) is 15.0 Å². The van der Waals surface area contributed by atoms with Crippen molar-refractivity contribution in [1.82, 2.24) is 10.2 Å². The van der Waals surface area contributed by atoms with Gasteiger partial charge in [0.25, 0.3) is 0 Å². The molecule has 3 fully saturated rings. The molecule has 2 aliphatic carbocycles. The molecule has 158 valence electrons. The summed E-state index contributed by atoms with van der Waals surface area (Å²) in [4.78, 5) is 26.6. The molecule has 0 aromatic heterocycles. The lowest BCUT2D eigenvalue weighted by molar-refractivity contribution is -0.129. The van der Waals surface area contributed by atoms with Crippen LogP contribution in [-0.4, -0.2) is 42.3 Å². The fourth-order valence-corrected chi connectivity index (χ4v) is 5.68. The summed E-state index contributed by atoms with van der Waals surface area (Å²) < 4.78 is 0. The number of nitrogens with one attached hydrogen (secondary N) is 1. The predicted octanol–water partition coefficient (Wildman–Crippen LogP) is 4.15. The molecule has 3 aliphatic rings. The first-order chi connectivity index (χ1) is 14.0. The highest BCUT2D eigenvalue weighted by molar-refractivity contribution is 5.84. The van der Waals surface area contributed by atoms with Crippen LogP contribution < -0.4 is 5.32 Å². The molecular weight excluding hydrogens is 360 g/mol. The summed E-state index contributed by atoms with van der Waals surface area (Å²) in [5.74, 6) is 0.550. The smallest absolute Gasteiger partial charge is 0.223 e. The Balaban J connectivity index is 1.29. The van der Waals surface area contributed by atoms with Gasteiger partial charge in [-0.2, -0.15) is 0 Å². The minimum absolute atomic E-state index is 0.0500. The monoisotopic (exact) mass is 396 g/mol.